The minimum absolute atomic E-state index is 0.0351. The normalized spacial score (nSPS) is 16.2. The quantitative estimate of drug-likeness (QED) is 0.809. The average molecular weight is 292 g/mol. The maximum absolute atomic E-state index is 12.5. The predicted octanol–water partition coefficient (Wildman–Crippen LogP) is 1.67. The first-order valence-electron chi connectivity index (χ1n) is 7.52. The third-order valence-corrected chi connectivity index (χ3v) is 3.87. The number of phenolic OH excluding ortho intramolecular Hbond substituents is 1. The zero-order chi connectivity index (χ0) is 15.2. The fraction of sp³-hybridized carbons (Fsp3) is 0.562. The summed E-state index contributed by atoms with van der Waals surface area (Å²) in [6.07, 6.45) is 2.86. The van der Waals surface area contributed by atoms with E-state index in [1.165, 1.54) is 0 Å². The number of benzene rings is 1. The van der Waals surface area contributed by atoms with Crippen LogP contribution in [0.15, 0.2) is 18.2 Å². The zero-order valence-corrected chi connectivity index (χ0v) is 12.5. The maximum atomic E-state index is 12.5. The second kappa shape index (κ2) is 7.43. The molecule has 2 rings (SSSR count). The number of rotatable bonds is 5. The van der Waals surface area contributed by atoms with Crippen LogP contribution in [0.25, 0.3) is 0 Å². The Kier molecular flexibility index (Phi) is 5.59. The summed E-state index contributed by atoms with van der Waals surface area (Å²) in [7, 11) is 0. The van der Waals surface area contributed by atoms with Gasteiger partial charge in [-0.3, -0.25) is 4.79 Å². The van der Waals surface area contributed by atoms with Crippen molar-refractivity contribution >= 4 is 5.91 Å². The minimum atomic E-state index is 0.0351. The van der Waals surface area contributed by atoms with Gasteiger partial charge >= 0.3 is 0 Å². The summed E-state index contributed by atoms with van der Waals surface area (Å²) in [5, 5.41) is 9.42. The van der Waals surface area contributed by atoms with Crippen molar-refractivity contribution in [3.05, 3.63) is 29.3 Å². The van der Waals surface area contributed by atoms with Crippen LogP contribution in [0.4, 0.5) is 0 Å². The van der Waals surface area contributed by atoms with Crippen LogP contribution in [-0.4, -0.2) is 48.3 Å². The highest BCUT2D eigenvalue weighted by Crippen LogP contribution is 2.20. The molecule has 1 amide bonds. The van der Waals surface area contributed by atoms with E-state index in [2.05, 4.69) is 0 Å². The summed E-state index contributed by atoms with van der Waals surface area (Å²) in [5.74, 6) is 0.226. The lowest BCUT2D eigenvalue weighted by molar-refractivity contribution is 0.00843. The second-order valence-electron chi connectivity index (χ2n) is 5.50. The van der Waals surface area contributed by atoms with Gasteiger partial charge in [0.25, 0.3) is 5.91 Å². The Morgan fingerprint density at radius 1 is 1.43 bits per heavy atom. The van der Waals surface area contributed by atoms with E-state index in [4.69, 9.17) is 10.5 Å². The monoisotopic (exact) mass is 292 g/mol. The Morgan fingerprint density at radius 2 is 2.14 bits per heavy atom. The van der Waals surface area contributed by atoms with E-state index in [0.717, 1.165) is 24.8 Å². The van der Waals surface area contributed by atoms with Crippen molar-refractivity contribution in [1.29, 1.82) is 0 Å². The molecule has 0 aliphatic carbocycles. The van der Waals surface area contributed by atoms with Crippen LogP contribution in [0.2, 0.25) is 0 Å². The van der Waals surface area contributed by atoms with E-state index in [-0.39, 0.29) is 17.8 Å². The lowest BCUT2D eigenvalue weighted by atomic mass is 10.0. The molecule has 0 aromatic heterocycles. The van der Waals surface area contributed by atoms with Gasteiger partial charge in [0.05, 0.1) is 6.10 Å². The molecule has 1 aromatic carbocycles. The molecule has 0 atom stereocenters. The first kappa shape index (κ1) is 15.8. The van der Waals surface area contributed by atoms with E-state index in [9.17, 15) is 9.90 Å². The number of ether oxygens (including phenoxy) is 1. The van der Waals surface area contributed by atoms with Gasteiger partial charge in [0, 0.05) is 25.3 Å². The van der Waals surface area contributed by atoms with Gasteiger partial charge in [-0.15, -0.1) is 0 Å². The van der Waals surface area contributed by atoms with Crippen molar-refractivity contribution in [3.8, 4) is 5.75 Å². The molecule has 1 fully saturated rings. The fourth-order valence-corrected chi connectivity index (χ4v) is 2.62. The first-order valence-corrected chi connectivity index (χ1v) is 7.52. The third kappa shape index (κ3) is 4.19. The zero-order valence-electron chi connectivity index (χ0n) is 12.5. The third-order valence-electron chi connectivity index (χ3n) is 3.87. The standard InChI is InChI=1S/C16H24N2O3/c1-12-11-13(19)3-4-15(12)16(20)18-8-5-14(6-9-18)21-10-2-7-17/h3-4,11,14,19H,2,5-10,17H2,1H3. The summed E-state index contributed by atoms with van der Waals surface area (Å²) >= 11 is 0. The number of aryl methyl sites for hydroxylation is 1. The Labute approximate surface area is 125 Å². The number of hydrogen-bond donors (Lipinski definition) is 2. The van der Waals surface area contributed by atoms with Crippen molar-refractivity contribution in [1.82, 2.24) is 4.90 Å². The van der Waals surface area contributed by atoms with Gasteiger partial charge in [0.2, 0.25) is 0 Å². The van der Waals surface area contributed by atoms with E-state index in [1.54, 1.807) is 18.2 Å². The Balaban J connectivity index is 1.88. The van der Waals surface area contributed by atoms with Gasteiger partial charge in [-0.25, -0.2) is 0 Å². The molecule has 0 saturated carbocycles. The van der Waals surface area contributed by atoms with Crippen LogP contribution >= 0.6 is 0 Å². The van der Waals surface area contributed by atoms with Crippen molar-refractivity contribution in [2.75, 3.05) is 26.2 Å². The SMILES string of the molecule is Cc1cc(O)ccc1C(=O)N1CCC(OCCCN)CC1. The molecular formula is C16H24N2O3. The topological polar surface area (TPSA) is 75.8 Å². The summed E-state index contributed by atoms with van der Waals surface area (Å²) in [4.78, 5) is 14.3. The van der Waals surface area contributed by atoms with Crippen LogP contribution < -0.4 is 5.73 Å². The van der Waals surface area contributed by atoms with Crippen LogP contribution in [-0.2, 0) is 4.74 Å². The van der Waals surface area contributed by atoms with Gasteiger partial charge in [-0.05, 0) is 56.5 Å². The number of piperidine rings is 1. The van der Waals surface area contributed by atoms with E-state index in [0.29, 0.717) is 31.8 Å². The summed E-state index contributed by atoms with van der Waals surface area (Å²) in [6.45, 7) is 4.62. The highest BCUT2D eigenvalue weighted by molar-refractivity contribution is 5.95. The highest BCUT2D eigenvalue weighted by atomic mass is 16.5. The number of aromatic hydroxyl groups is 1. The molecule has 21 heavy (non-hydrogen) atoms. The van der Waals surface area contributed by atoms with Gasteiger partial charge < -0.3 is 20.5 Å². The van der Waals surface area contributed by atoms with Crippen molar-refractivity contribution in [3.63, 3.8) is 0 Å². The minimum Gasteiger partial charge on any atom is -0.508 e. The molecule has 1 heterocycles. The molecule has 1 aliphatic rings. The van der Waals surface area contributed by atoms with Gasteiger partial charge in [-0.1, -0.05) is 0 Å². The number of amides is 1. The van der Waals surface area contributed by atoms with Crippen LogP contribution in [0.1, 0.15) is 35.2 Å². The Morgan fingerprint density at radius 3 is 2.76 bits per heavy atom. The lowest BCUT2D eigenvalue weighted by Crippen LogP contribution is -2.41. The van der Waals surface area contributed by atoms with Crippen LogP contribution in [0.3, 0.4) is 0 Å². The predicted molar refractivity (Wildman–Crippen MR) is 81.4 cm³/mol. The highest BCUT2D eigenvalue weighted by Gasteiger charge is 2.24. The molecule has 1 aromatic rings. The van der Waals surface area contributed by atoms with E-state index < -0.39 is 0 Å². The molecule has 5 heteroatoms. The molecule has 5 nitrogen and oxygen atoms in total. The summed E-state index contributed by atoms with van der Waals surface area (Å²) in [5.41, 5.74) is 6.91. The maximum Gasteiger partial charge on any atom is 0.254 e. The van der Waals surface area contributed by atoms with Gasteiger partial charge in [-0.2, -0.15) is 0 Å². The van der Waals surface area contributed by atoms with Gasteiger partial charge in [0.15, 0.2) is 0 Å². The molecule has 1 aliphatic heterocycles. The van der Waals surface area contributed by atoms with E-state index in [1.807, 2.05) is 11.8 Å². The number of likely N-dealkylation sites (tertiary alicyclic amines) is 1. The molecular weight excluding hydrogens is 268 g/mol. The van der Waals surface area contributed by atoms with Crippen LogP contribution in [0.5, 0.6) is 5.75 Å². The molecule has 0 radical (unpaired) electrons. The first-order chi connectivity index (χ1) is 10.1. The molecule has 0 unspecified atom stereocenters. The summed E-state index contributed by atoms with van der Waals surface area (Å²) in [6, 6.07) is 4.87. The number of carbonyl (C=O) groups is 1. The summed E-state index contributed by atoms with van der Waals surface area (Å²) < 4.78 is 5.75. The number of hydrogen-bond acceptors (Lipinski definition) is 4. The number of phenols is 1. The fourth-order valence-electron chi connectivity index (χ4n) is 2.62. The average Bonchev–Trinajstić information content (AvgIpc) is 2.48. The van der Waals surface area contributed by atoms with Gasteiger partial charge in [0.1, 0.15) is 5.75 Å². The molecule has 3 N–H and O–H groups in total. The Bertz CT molecular complexity index is 482. The number of carbonyl (C=O) groups excluding carboxylic acids is 1. The number of nitrogens with zero attached hydrogens (tertiary/aromatic N) is 1. The number of nitrogens with two attached hydrogens (primary N) is 1. The molecule has 0 spiro atoms. The lowest BCUT2D eigenvalue weighted by Gasteiger charge is -2.32. The van der Waals surface area contributed by atoms with E-state index >= 15 is 0 Å². The molecule has 0 bridgehead atoms. The van der Waals surface area contributed by atoms with Crippen molar-refractivity contribution in [2.45, 2.75) is 32.3 Å². The van der Waals surface area contributed by atoms with Crippen molar-refractivity contribution in [2.24, 2.45) is 5.73 Å². The molecule has 1 saturated heterocycles. The van der Waals surface area contributed by atoms with Crippen LogP contribution in [0, 0.1) is 6.92 Å². The largest absolute Gasteiger partial charge is 0.508 e. The molecule has 116 valence electrons. The second-order valence-corrected chi connectivity index (χ2v) is 5.50. The Hall–Kier alpha value is -1.59. The smallest absolute Gasteiger partial charge is 0.254 e. The van der Waals surface area contributed by atoms with Crippen molar-refractivity contribution < 1.29 is 14.6 Å².